The Kier molecular flexibility index (Phi) is 7.26. The van der Waals surface area contributed by atoms with Crippen molar-refractivity contribution in [3.63, 3.8) is 0 Å². The molecule has 3 rings (SSSR count). The number of hydrogen-bond donors (Lipinski definition) is 1. The van der Waals surface area contributed by atoms with Gasteiger partial charge in [-0.15, -0.1) is 11.3 Å². The summed E-state index contributed by atoms with van der Waals surface area (Å²) in [6.07, 6.45) is 0. The zero-order valence-corrected chi connectivity index (χ0v) is 17.9. The van der Waals surface area contributed by atoms with E-state index >= 15 is 0 Å². The Morgan fingerprint density at radius 2 is 1.80 bits per heavy atom. The molecule has 0 saturated carbocycles. The summed E-state index contributed by atoms with van der Waals surface area (Å²) in [5.41, 5.74) is 1.73. The summed E-state index contributed by atoms with van der Waals surface area (Å²) >= 11 is 7.59. The summed E-state index contributed by atoms with van der Waals surface area (Å²) in [4.78, 5) is 28.7. The lowest BCUT2D eigenvalue weighted by atomic mass is 10.2. The minimum Gasteiger partial charge on any atom is -0.497 e. The van der Waals surface area contributed by atoms with E-state index in [0.717, 1.165) is 10.6 Å². The number of halogens is 1. The van der Waals surface area contributed by atoms with E-state index in [9.17, 15) is 9.59 Å². The van der Waals surface area contributed by atoms with Gasteiger partial charge in [-0.1, -0.05) is 29.8 Å². The molecular formula is C21H19ClN2O5S. The summed E-state index contributed by atoms with van der Waals surface area (Å²) < 4.78 is 15.5. The highest BCUT2D eigenvalue weighted by atomic mass is 35.5. The maximum Gasteiger partial charge on any atom is 0.325 e. The first kappa shape index (κ1) is 21.6. The van der Waals surface area contributed by atoms with Gasteiger partial charge in [0.1, 0.15) is 29.7 Å². The lowest BCUT2D eigenvalue weighted by Crippen LogP contribution is -2.30. The Balaban J connectivity index is 1.52. The molecular weight excluding hydrogens is 428 g/mol. The summed E-state index contributed by atoms with van der Waals surface area (Å²) in [6.45, 7) is -0.275. The Morgan fingerprint density at radius 1 is 1.10 bits per heavy atom. The Bertz CT molecular complexity index is 1030. The van der Waals surface area contributed by atoms with Gasteiger partial charge in [0.25, 0.3) is 5.91 Å². The molecule has 1 aromatic heterocycles. The monoisotopic (exact) mass is 446 g/mol. The van der Waals surface area contributed by atoms with Crippen LogP contribution in [0.15, 0.2) is 47.8 Å². The number of nitrogens with zero attached hydrogens (tertiary/aromatic N) is 1. The largest absolute Gasteiger partial charge is 0.497 e. The first-order valence-corrected chi connectivity index (χ1v) is 10.1. The molecule has 0 spiro atoms. The van der Waals surface area contributed by atoms with Crippen LogP contribution in [-0.2, 0) is 16.1 Å². The molecule has 0 radical (unpaired) electrons. The number of benzene rings is 2. The predicted octanol–water partition coefficient (Wildman–Crippen LogP) is 3.95. The number of hydrogen-bond acceptors (Lipinski definition) is 7. The van der Waals surface area contributed by atoms with E-state index in [4.69, 9.17) is 25.8 Å². The highest BCUT2D eigenvalue weighted by Crippen LogP contribution is 2.30. The van der Waals surface area contributed by atoms with Gasteiger partial charge in [-0.3, -0.25) is 9.59 Å². The minimum absolute atomic E-state index is 0.00262. The number of nitrogens with one attached hydrogen (secondary N) is 1. The molecule has 0 saturated heterocycles. The highest BCUT2D eigenvalue weighted by Gasteiger charge is 2.13. The molecule has 0 fully saturated rings. The molecule has 0 aliphatic carbocycles. The van der Waals surface area contributed by atoms with E-state index in [2.05, 4.69) is 10.3 Å². The zero-order chi connectivity index (χ0) is 21.5. The number of aromatic nitrogens is 1. The van der Waals surface area contributed by atoms with Gasteiger partial charge in [0.2, 0.25) is 0 Å². The smallest absolute Gasteiger partial charge is 0.325 e. The van der Waals surface area contributed by atoms with Gasteiger partial charge in [0.15, 0.2) is 0 Å². The molecule has 9 heteroatoms. The lowest BCUT2D eigenvalue weighted by molar-refractivity contribution is -0.143. The predicted molar refractivity (Wildman–Crippen MR) is 114 cm³/mol. The molecule has 0 unspecified atom stereocenters. The van der Waals surface area contributed by atoms with E-state index in [1.165, 1.54) is 25.6 Å². The normalized spacial score (nSPS) is 10.4. The van der Waals surface area contributed by atoms with Crippen molar-refractivity contribution in [2.24, 2.45) is 0 Å². The second kappa shape index (κ2) is 10.1. The van der Waals surface area contributed by atoms with Crippen LogP contribution in [0.1, 0.15) is 16.1 Å². The first-order chi connectivity index (χ1) is 14.5. The van der Waals surface area contributed by atoms with Crippen LogP contribution in [0.4, 0.5) is 0 Å². The Hall–Kier alpha value is -3.10. The van der Waals surface area contributed by atoms with E-state index in [0.29, 0.717) is 27.8 Å². The first-order valence-electron chi connectivity index (χ1n) is 8.86. The van der Waals surface area contributed by atoms with Crippen LogP contribution in [0.2, 0.25) is 5.02 Å². The van der Waals surface area contributed by atoms with E-state index < -0.39 is 11.9 Å². The van der Waals surface area contributed by atoms with Gasteiger partial charge < -0.3 is 19.5 Å². The van der Waals surface area contributed by atoms with Crippen LogP contribution >= 0.6 is 22.9 Å². The molecule has 1 N–H and O–H groups in total. The average molecular weight is 447 g/mol. The molecule has 156 valence electrons. The van der Waals surface area contributed by atoms with Gasteiger partial charge >= 0.3 is 5.97 Å². The molecule has 7 nitrogen and oxygen atoms in total. The van der Waals surface area contributed by atoms with Crippen LogP contribution < -0.4 is 14.8 Å². The topological polar surface area (TPSA) is 86.8 Å². The number of carbonyl (C=O) groups excluding carboxylic acids is 2. The van der Waals surface area contributed by atoms with Crippen molar-refractivity contribution in [3.8, 4) is 22.1 Å². The molecule has 1 heterocycles. The van der Waals surface area contributed by atoms with Crippen molar-refractivity contribution >= 4 is 34.8 Å². The number of carbonyl (C=O) groups is 2. The highest BCUT2D eigenvalue weighted by molar-refractivity contribution is 7.13. The molecule has 3 aromatic rings. The summed E-state index contributed by atoms with van der Waals surface area (Å²) in [5.74, 6) is -0.0795. The van der Waals surface area contributed by atoms with Gasteiger partial charge in [-0.2, -0.15) is 0 Å². The number of thiazole rings is 1. The molecule has 1 amide bonds. The third kappa shape index (κ3) is 5.49. The fourth-order valence-electron chi connectivity index (χ4n) is 2.53. The number of esters is 1. The van der Waals surface area contributed by atoms with E-state index in [1.807, 2.05) is 18.2 Å². The third-order valence-electron chi connectivity index (χ3n) is 4.04. The fourth-order valence-corrected chi connectivity index (χ4v) is 3.65. The quantitative estimate of drug-likeness (QED) is 0.527. The third-order valence-corrected chi connectivity index (χ3v) is 5.30. The second-order valence-corrected chi connectivity index (χ2v) is 7.33. The van der Waals surface area contributed by atoms with Crippen molar-refractivity contribution < 1.29 is 23.8 Å². The Labute approximate surface area is 182 Å². The SMILES string of the molecule is COc1cc(OC)cc(C(=O)NCC(=O)OCc2csc(-c3ccccc3Cl)n2)c1. The lowest BCUT2D eigenvalue weighted by Gasteiger charge is -2.09. The summed E-state index contributed by atoms with van der Waals surface area (Å²) in [7, 11) is 2.98. The average Bonchev–Trinajstić information content (AvgIpc) is 3.24. The van der Waals surface area contributed by atoms with Crippen molar-refractivity contribution in [2.75, 3.05) is 20.8 Å². The maximum atomic E-state index is 12.3. The van der Waals surface area contributed by atoms with Crippen molar-refractivity contribution in [1.29, 1.82) is 0 Å². The standard InChI is InChI=1S/C21H19ClN2O5S/c1-27-15-7-13(8-16(9-15)28-2)20(26)23-10-19(25)29-11-14-12-30-21(24-14)17-5-3-4-6-18(17)22/h3-9,12H,10-11H2,1-2H3,(H,23,26). The van der Waals surface area contributed by atoms with Gasteiger partial charge in [0, 0.05) is 22.6 Å². The molecule has 0 aliphatic rings. The second-order valence-electron chi connectivity index (χ2n) is 6.07. The van der Waals surface area contributed by atoms with E-state index in [-0.39, 0.29) is 13.2 Å². The molecule has 0 atom stereocenters. The molecule has 2 aromatic carbocycles. The van der Waals surface area contributed by atoms with Crippen LogP contribution in [0.3, 0.4) is 0 Å². The van der Waals surface area contributed by atoms with Crippen molar-refractivity contribution in [2.45, 2.75) is 6.61 Å². The van der Waals surface area contributed by atoms with Crippen LogP contribution in [-0.4, -0.2) is 37.6 Å². The fraction of sp³-hybridized carbons (Fsp3) is 0.190. The maximum absolute atomic E-state index is 12.3. The number of rotatable bonds is 8. The number of methoxy groups -OCH3 is 2. The molecule has 30 heavy (non-hydrogen) atoms. The zero-order valence-electron chi connectivity index (χ0n) is 16.3. The number of ether oxygens (including phenoxy) is 3. The summed E-state index contributed by atoms with van der Waals surface area (Å²) in [6, 6.07) is 12.1. The van der Waals surface area contributed by atoms with Gasteiger partial charge in [-0.25, -0.2) is 4.98 Å². The molecule has 0 bridgehead atoms. The van der Waals surface area contributed by atoms with Crippen LogP contribution in [0, 0.1) is 0 Å². The minimum atomic E-state index is -0.578. The van der Waals surface area contributed by atoms with E-state index in [1.54, 1.807) is 29.6 Å². The van der Waals surface area contributed by atoms with Crippen molar-refractivity contribution in [3.05, 3.63) is 64.1 Å². The van der Waals surface area contributed by atoms with Gasteiger partial charge in [0.05, 0.1) is 24.9 Å². The van der Waals surface area contributed by atoms with Gasteiger partial charge in [-0.05, 0) is 18.2 Å². The van der Waals surface area contributed by atoms with Crippen molar-refractivity contribution in [1.82, 2.24) is 10.3 Å². The summed E-state index contributed by atoms with van der Waals surface area (Å²) in [5, 5.41) is 5.66. The van der Waals surface area contributed by atoms with Crippen LogP contribution in [0.25, 0.3) is 10.6 Å². The Morgan fingerprint density at radius 3 is 2.47 bits per heavy atom. The van der Waals surface area contributed by atoms with Crippen LogP contribution in [0.5, 0.6) is 11.5 Å². The molecule has 0 aliphatic heterocycles. The number of amides is 1.